The van der Waals surface area contributed by atoms with E-state index in [9.17, 15) is 4.79 Å². The minimum Gasteiger partial charge on any atom is -0.486 e. The van der Waals surface area contributed by atoms with Crippen LogP contribution in [0, 0.1) is 6.92 Å². The topological polar surface area (TPSA) is 72.3 Å². The van der Waals surface area contributed by atoms with Gasteiger partial charge in [-0.1, -0.05) is 0 Å². The predicted molar refractivity (Wildman–Crippen MR) is 72.1 cm³/mol. The molecule has 2 rings (SSSR count). The number of aryl methyl sites for hydroxylation is 1. The van der Waals surface area contributed by atoms with Gasteiger partial charge in [0.25, 0.3) is 0 Å². The Labute approximate surface area is 114 Å². The second-order valence-corrected chi connectivity index (χ2v) is 5.04. The van der Waals surface area contributed by atoms with Gasteiger partial charge in [-0.25, -0.2) is 9.78 Å². The maximum atomic E-state index is 10.4. The first-order chi connectivity index (χ1) is 9.13. The van der Waals surface area contributed by atoms with Gasteiger partial charge in [-0.2, -0.15) is 0 Å². The van der Waals surface area contributed by atoms with E-state index in [2.05, 4.69) is 9.97 Å². The third-order valence-electron chi connectivity index (χ3n) is 2.21. The monoisotopic (exact) mass is 276 g/mol. The van der Waals surface area contributed by atoms with Gasteiger partial charge in [0.15, 0.2) is 0 Å². The molecule has 0 aromatic carbocycles. The van der Waals surface area contributed by atoms with E-state index in [0.717, 1.165) is 16.0 Å². The van der Waals surface area contributed by atoms with E-state index in [1.807, 2.05) is 6.92 Å². The van der Waals surface area contributed by atoms with Gasteiger partial charge < -0.3 is 9.84 Å². The average molecular weight is 276 g/mol. The molecule has 98 valence electrons. The number of hydrogen-bond donors (Lipinski definition) is 1. The van der Waals surface area contributed by atoms with E-state index < -0.39 is 5.97 Å². The zero-order valence-corrected chi connectivity index (χ0v) is 11.1. The average Bonchev–Trinajstić information content (AvgIpc) is 2.81. The highest BCUT2D eigenvalue weighted by atomic mass is 32.1. The second-order valence-electron chi connectivity index (χ2n) is 3.72. The first-order valence-electron chi connectivity index (χ1n) is 5.54. The van der Waals surface area contributed by atoms with Gasteiger partial charge in [-0.3, -0.25) is 4.98 Å². The van der Waals surface area contributed by atoms with Crippen molar-refractivity contribution in [3.63, 3.8) is 0 Å². The van der Waals surface area contributed by atoms with Gasteiger partial charge in [-0.15, -0.1) is 11.3 Å². The normalized spacial score (nSPS) is 10.8. The Hall–Kier alpha value is -2.21. The van der Waals surface area contributed by atoms with Crippen molar-refractivity contribution in [2.45, 2.75) is 13.5 Å². The molecule has 0 aliphatic rings. The Morgan fingerprint density at radius 3 is 2.84 bits per heavy atom. The first kappa shape index (κ1) is 13.2. The highest BCUT2D eigenvalue weighted by Gasteiger charge is 2.00. The van der Waals surface area contributed by atoms with Gasteiger partial charge in [0.1, 0.15) is 12.4 Å². The molecule has 2 heterocycles. The van der Waals surface area contributed by atoms with Crippen LogP contribution in [0.1, 0.15) is 15.6 Å². The standard InChI is InChI=1S/C13H12N2O3S/c1-9-14-7-12(19-9)8-18-11-4-2-10(15-6-11)3-5-13(16)17/h2-7H,8H2,1H3,(H,16,17). The number of carbonyl (C=O) groups is 1. The van der Waals surface area contributed by atoms with Crippen molar-refractivity contribution in [3.8, 4) is 5.75 Å². The fourth-order valence-corrected chi connectivity index (χ4v) is 2.07. The number of hydrogen-bond acceptors (Lipinski definition) is 5. The van der Waals surface area contributed by atoms with Crippen molar-refractivity contribution >= 4 is 23.4 Å². The number of thiazole rings is 1. The Kier molecular flexibility index (Phi) is 4.25. The Morgan fingerprint density at radius 1 is 1.42 bits per heavy atom. The number of rotatable bonds is 5. The van der Waals surface area contributed by atoms with Crippen LogP contribution in [0.15, 0.2) is 30.6 Å². The molecule has 1 N–H and O–H groups in total. The SMILES string of the molecule is Cc1ncc(COc2ccc(C=CC(=O)O)nc2)s1. The summed E-state index contributed by atoms with van der Waals surface area (Å²) in [5.74, 6) is -0.360. The van der Waals surface area contributed by atoms with E-state index in [0.29, 0.717) is 18.1 Å². The molecule has 0 saturated heterocycles. The lowest BCUT2D eigenvalue weighted by atomic mass is 10.3. The molecule has 5 nitrogen and oxygen atoms in total. The molecule has 0 saturated carbocycles. The third kappa shape index (κ3) is 4.18. The fraction of sp³-hybridized carbons (Fsp3) is 0.154. The Balaban J connectivity index is 1.93. The number of carboxylic acid groups (broad SMARTS) is 1. The molecule has 0 atom stereocenters. The zero-order valence-electron chi connectivity index (χ0n) is 10.2. The lowest BCUT2D eigenvalue weighted by molar-refractivity contribution is -0.131. The van der Waals surface area contributed by atoms with Gasteiger partial charge >= 0.3 is 5.97 Å². The summed E-state index contributed by atoms with van der Waals surface area (Å²) in [7, 11) is 0. The molecular weight excluding hydrogens is 264 g/mol. The van der Waals surface area contributed by atoms with Crippen LogP contribution in [0.3, 0.4) is 0 Å². The minimum absolute atomic E-state index is 0.456. The van der Waals surface area contributed by atoms with Crippen molar-refractivity contribution < 1.29 is 14.6 Å². The van der Waals surface area contributed by atoms with Crippen molar-refractivity contribution in [1.29, 1.82) is 0 Å². The maximum absolute atomic E-state index is 10.4. The quantitative estimate of drug-likeness (QED) is 0.849. The van der Waals surface area contributed by atoms with Crippen LogP contribution in [0.5, 0.6) is 5.75 Å². The van der Waals surface area contributed by atoms with Crippen LogP contribution in [0.25, 0.3) is 6.08 Å². The fourth-order valence-electron chi connectivity index (χ4n) is 1.36. The van der Waals surface area contributed by atoms with Crippen molar-refractivity contribution in [2.75, 3.05) is 0 Å². The number of aromatic nitrogens is 2. The zero-order chi connectivity index (χ0) is 13.7. The highest BCUT2D eigenvalue weighted by Crippen LogP contribution is 2.16. The number of aliphatic carboxylic acids is 1. The largest absolute Gasteiger partial charge is 0.486 e. The van der Waals surface area contributed by atoms with Gasteiger partial charge in [0.2, 0.25) is 0 Å². The minimum atomic E-state index is -0.998. The van der Waals surface area contributed by atoms with Crippen LogP contribution < -0.4 is 4.74 Å². The molecule has 0 spiro atoms. The number of carboxylic acids is 1. The summed E-state index contributed by atoms with van der Waals surface area (Å²) in [4.78, 5) is 19.6. The lowest BCUT2D eigenvalue weighted by Gasteiger charge is -2.03. The molecule has 2 aromatic heterocycles. The summed E-state index contributed by atoms with van der Waals surface area (Å²) < 4.78 is 5.55. The molecule has 0 bridgehead atoms. The number of ether oxygens (including phenoxy) is 1. The first-order valence-corrected chi connectivity index (χ1v) is 6.36. The Bertz CT molecular complexity index is 590. The molecular formula is C13H12N2O3S. The molecule has 0 aliphatic carbocycles. The van der Waals surface area contributed by atoms with E-state index in [1.165, 1.54) is 6.08 Å². The third-order valence-corrected chi connectivity index (χ3v) is 3.09. The molecule has 0 fully saturated rings. The molecule has 19 heavy (non-hydrogen) atoms. The van der Waals surface area contributed by atoms with Crippen LogP contribution in [0.4, 0.5) is 0 Å². The summed E-state index contributed by atoms with van der Waals surface area (Å²) in [5.41, 5.74) is 0.573. The van der Waals surface area contributed by atoms with Crippen molar-refractivity contribution in [3.05, 3.63) is 46.2 Å². The molecule has 2 aromatic rings. The van der Waals surface area contributed by atoms with Gasteiger partial charge in [-0.05, 0) is 25.1 Å². The van der Waals surface area contributed by atoms with E-state index in [-0.39, 0.29) is 0 Å². The van der Waals surface area contributed by atoms with Gasteiger partial charge in [0.05, 0.1) is 21.8 Å². The summed E-state index contributed by atoms with van der Waals surface area (Å²) in [6.07, 6.45) is 5.83. The summed E-state index contributed by atoms with van der Waals surface area (Å²) in [6, 6.07) is 3.45. The highest BCUT2D eigenvalue weighted by molar-refractivity contribution is 7.11. The van der Waals surface area contributed by atoms with Crippen LogP contribution in [0.2, 0.25) is 0 Å². The molecule has 0 radical (unpaired) electrons. The predicted octanol–water partition coefficient (Wildman–Crippen LogP) is 2.52. The molecule has 6 heteroatoms. The van der Waals surface area contributed by atoms with Crippen LogP contribution >= 0.6 is 11.3 Å². The van der Waals surface area contributed by atoms with Crippen molar-refractivity contribution in [1.82, 2.24) is 9.97 Å². The summed E-state index contributed by atoms with van der Waals surface area (Å²) >= 11 is 1.59. The van der Waals surface area contributed by atoms with E-state index in [1.54, 1.807) is 35.9 Å². The second kappa shape index (κ2) is 6.10. The van der Waals surface area contributed by atoms with Crippen LogP contribution in [-0.2, 0) is 11.4 Å². The van der Waals surface area contributed by atoms with E-state index in [4.69, 9.17) is 9.84 Å². The molecule has 0 amide bonds. The van der Waals surface area contributed by atoms with Gasteiger partial charge in [0, 0.05) is 12.3 Å². The summed E-state index contributed by atoms with van der Waals surface area (Å²) in [5, 5.41) is 9.50. The number of nitrogens with zero attached hydrogens (tertiary/aromatic N) is 2. The maximum Gasteiger partial charge on any atom is 0.328 e. The van der Waals surface area contributed by atoms with E-state index >= 15 is 0 Å². The van der Waals surface area contributed by atoms with Crippen LogP contribution in [-0.4, -0.2) is 21.0 Å². The summed E-state index contributed by atoms with van der Waals surface area (Å²) in [6.45, 7) is 2.40. The molecule has 0 unspecified atom stereocenters. The van der Waals surface area contributed by atoms with Crippen molar-refractivity contribution in [2.24, 2.45) is 0 Å². The Morgan fingerprint density at radius 2 is 2.26 bits per heavy atom. The number of pyridine rings is 1. The molecule has 0 aliphatic heterocycles. The lowest BCUT2D eigenvalue weighted by Crippen LogP contribution is -1.94. The smallest absolute Gasteiger partial charge is 0.328 e.